The Labute approximate surface area is 180 Å². The summed E-state index contributed by atoms with van der Waals surface area (Å²) in [5, 5.41) is 0. The molecule has 0 atom stereocenters. The SMILES string of the molecule is CCOC(=O)c1ccc(N2C(=O)/C(=C\c3ccc(C(C)(C)C)cc3)SC2=S)cc1. The average molecular weight is 426 g/mol. The van der Waals surface area contributed by atoms with Crippen molar-refractivity contribution in [1.82, 2.24) is 0 Å². The lowest BCUT2D eigenvalue weighted by Crippen LogP contribution is -2.27. The number of hydrogen-bond donors (Lipinski definition) is 0. The molecule has 3 rings (SSSR count). The monoisotopic (exact) mass is 425 g/mol. The minimum absolute atomic E-state index is 0.0810. The Balaban J connectivity index is 1.81. The third-order valence-electron chi connectivity index (χ3n) is 4.50. The highest BCUT2D eigenvalue weighted by Gasteiger charge is 2.33. The summed E-state index contributed by atoms with van der Waals surface area (Å²) in [6, 6.07) is 14.9. The second-order valence-corrected chi connectivity index (χ2v) is 9.33. The lowest BCUT2D eigenvalue weighted by Gasteiger charge is -2.18. The fourth-order valence-electron chi connectivity index (χ4n) is 2.88. The minimum atomic E-state index is -0.386. The molecule has 1 aliphatic heterocycles. The number of benzene rings is 2. The van der Waals surface area contributed by atoms with Gasteiger partial charge in [0.05, 0.1) is 22.8 Å². The molecule has 1 heterocycles. The first-order valence-corrected chi connectivity index (χ1v) is 10.6. The van der Waals surface area contributed by atoms with E-state index in [9.17, 15) is 9.59 Å². The van der Waals surface area contributed by atoms with Crippen LogP contribution in [-0.2, 0) is 14.9 Å². The molecule has 0 N–H and O–H groups in total. The van der Waals surface area contributed by atoms with Gasteiger partial charge in [0.1, 0.15) is 0 Å². The van der Waals surface area contributed by atoms with Crippen molar-refractivity contribution in [3.05, 3.63) is 70.1 Å². The summed E-state index contributed by atoms with van der Waals surface area (Å²) in [5.74, 6) is -0.549. The van der Waals surface area contributed by atoms with Gasteiger partial charge in [0.2, 0.25) is 0 Å². The van der Waals surface area contributed by atoms with Gasteiger partial charge in [-0.1, -0.05) is 69.0 Å². The first-order valence-electron chi connectivity index (χ1n) is 9.36. The van der Waals surface area contributed by atoms with E-state index >= 15 is 0 Å². The van der Waals surface area contributed by atoms with Crippen molar-refractivity contribution in [2.75, 3.05) is 11.5 Å². The number of nitrogens with zero attached hydrogens (tertiary/aromatic N) is 1. The number of amides is 1. The second kappa shape index (κ2) is 8.51. The molecule has 150 valence electrons. The molecule has 1 fully saturated rings. The number of ether oxygens (including phenoxy) is 1. The minimum Gasteiger partial charge on any atom is -0.462 e. The number of carbonyl (C=O) groups excluding carboxylic acids is 2. The molecular formula is C23H23NO3S2. The van der Waals surface area contributed by atoms with Gasteiger partial charge in [-0.25, -0.2) is 4.79 Å². The molecular weight excluding hydrogens is 402 g/mol. The van der Waals surface area contributed by atoms with Crippen LogP contribution in [0, 0.1) is 0 Å². The van der Waals surface area contributed by atoms with E-state index in [1.807, 2.05) is 18.2 Å². The summed E-state index contributed by atoms with van der Waals surface area (Å²) >= 11 is 6.70. The molecule has 0 spiro atoms. The Kier molecular flexibility index (Phi) is 6.24. The summed E-state index contributed by atoms with van der Waals surface area (Å²) in [7, 11) is 0. The molecule has 2 aromatic rings. The first kappa shape index (κ1) is 21.3. The van der Waals surface area contributed by atoms with Gasteiger partial charge in [-0.05, 0) is 53.8 Å². The van der Waals surface area contributed by atoms with Crippen molar-refractivity contribution in [1.29, 1.82) is 0 Å². The van der Waals surface area contributed by atoms with E-state index in [0.29, 0.717) is 27.1 Å². The van der Waals surface area contributed by atoms with Gasteiger partial charge in [0, 0.05) is 0 Å². The molecule has 2 aromatic carbocycles. The third-order valence-corrected chi connectivity index (χ3v) is 5.81. The summed E-state index contributed by atoms with van der Waals surface area (Å²) in [6.07, 6.45) is 1.86. The molecule has 4 nitrogen and oxygen atoms in total. The number of esters is 1. The quantitative estimate of drug-likeness (QED) is 0.364. The van der Waals surface area contributed by atoms with Gasteiger partial charge in [0.25, 0.3) is 5.91 Å². The zero-order valence-electron chi connectivity index (χ0n) is 16.9. The highest BCUT2D eigenvalue weighted by Crippen LogP contribution is 2.36. The van der Waals surface area contributed by atoms with Crippen LogP contribution in [-0.4, -0.2) is 22.8 Å². The van der Waals surface area contributed by atoms with Crippen LogP contribution in [0.5, 0.6) is 0 Å². The number of hydrogen-bond acceptors (Lipinski definition) is 5. The summed E-state index contributed by atoms with van der Waals surface area (Å²) in [5.41, 5.74) is 3.35. The third kappa shape index (κ3) is 4.77. The lowest BCUT2D eigenvalue weighted by molar-refractivity contribution is -0.113. The van der Waals surface area contributed by atoms with E-state index < -0.39 is 0 Å². The normalized spacial score (nSPS) is 15.9. The Bertz CT molecular complexity index is 971. The van der Waals surface area contributed by atoms with Crippen LogP contribution in [0.2, 0.25) is 0 Å². The second-order valence-electron chi connectivity index (χ2n) is 7.66. The van der Waals surface area contributed by atoms with Gasteiger partial charge in [-0.2, -0.15) is 0 Å². The molecule has 1 aliphatic rings. The zero-order valence-corrected chi connectivity index (χ0v) is 18.5. The van der Waals surface area contributed by atoms with Gasteiger partial charge in [-0.3, -0.25) is 9.69 Å². The van der Waals surface area contributed by atoms with Crippen LogP contribution in [0.3, 0.4) is 0 Å². The maximum absolute atomic E-state index is 12.9. The molecule has 0 saturated carbocycles. The van der Waals surface area contributed by atoms with Crippen molar-refractivity contribution in [3.63, 3.8) is 0 Å². The molecule has 0 aromatic heterocycles. The van der Waals surface area contributed by atoms with Crippen LogP contribution in [0.1, 0.15) is 49.2 Å². The summed E-state index contributed by atoms with van der Waals surface area (Å²) in [6.45, 7) is 8.58. The predicted octanol–water partition coefficient (Wildman–Crippen LogP) is 5.57. The fraction of sp³-hybridized carbons (Fsp3) is 0.261. The van der Waals surface area contributed by atoms with Crippen molar-refractivity contribution in [3.8, 4) is 0 Å². The average Bonchev–Trinajstić information content (AvgIpc) is 2.95. The molecule has 1 amide bonds. The fourth-order valence-corrected chi connectivity index (χ4v) is 4.18. The van der Waals surface area contributed by atoms with E-state index in [1.54, 1.807) is 31.2 Å². The van der Waals surface area contributed by atoms with E-state index in [0.717, 1.165) is 5.56 Å². The van der Waals surface area contributed by atoms with Crippen LogP contribution in [0.4, 0.5) is 5.69 Å². The summed E-state index contributed by atoms with van der Waals surface area (Å²) < 4.78 is 5.46. The van der Waals surface area contributed by atoms with Crippen molar-refractivity contribution in [2.24, 2.45) is 0 Å². The number of rotatable bonds is 4. The van der Waals surface area contributed by atoms with Crippen LogP contribution in [0.25, 0.3) is 6.08 Å². The highest BCUT2D eigenvalue weighted by atomic mass is 32.2. The van der Waals surface area contributed by atoms with Crippen molar-refractivity contribution < 1.29 is 14.3 Å². The van der Waals surface area contributed by atoms with E-state index in [-0.39, 0.29) is 17.3 Å². The molecule has 0 bridgehead atoms. The Morgan fingerprint density at radius 3 is 2.28 bits per heavy atom. The van der Waals surface area contributed by atoms with Crippen LogP contribution < -0.4 is 4.90 Å². The van der Waals surface area contributed by atoms with Crippen molar-refractivity contribution in [2.45, 2.75) is 33.1 Å². The van der Waals surface area contributed by atoms with Gasteiger partial charge >= 0.3 is 5.97 Å². The number of thioether (sulfide) groups is 1. The standard InChI is InChI=1S/C23H23NO3S2/c1-5-27-21(26)16-8-12-18(13-9-16)24-20(25)19(29-22(24)28)14-15-6-10-17(11-7-15)23(2,3)4/h6-14H,5H2,1-4H3/b19-14+. The number of carbonyl (C=O) groups is 2. The molecule has 1 saturated heterocycles. The number of anilines is 1. The Morgan fingerprint density at radius 1 is 1.10 bits per heavy atom. The van der Waals surface area contributed by atoms with Crippen LogP contribution >= 0.6 is 24.0 Å². The van der Waals surface area contributed by atoms with Gasteiger partial charge in [-0.15, -0.1) is 0 Å². The number of thiocarbonyl (C=S) groups is 1. The van der Waals surface area contributed by atoms with E-state index in [2.05, 4.69) is 32.9 Å². The lowest BCUT2D eigenvalue weighted by atomic mass is 9.87. The molecule has 0 unspecified atom stereocenters. The molecule has 0 aliphatic carbocycles. The Hall–Kier alpha value is -2.44. The Morgan fingerprint density at radius 2 is 1.72 bits per heavy atom. The smallest absolute Gasteiger partial charge is 0.338 e. The molecule has 0 radical (unpaired) electrons. The maximum atomic E-state index is 12.9. The topological polar surface area (TPSA) is 46.6 Å². The first-order chi connectivity index (χ1) is 13.7. The van der Waals surface area contributed by atoms with Crippen LogP contribution in [0.15, 0.2) is 53.4 Å². The molecule has 29 heavy (non-hydrogen) atoms. The zero-order chi connectivity index (χ0) is 21.2. The van der Waals surface area contributed by atoms with Crippen molar-refractivity contribution >= 4 is 51.9 Å². The summed E-state index contributed by atoms with van der Waals surface area (Å²) in [4.78, 5) is 26.8. The van der Waals surface area contributed by atoms with Gasteiger partial charge < -0.3 is 4.74 Å². The predicted molar refractivity (Wildman–Crippen MR) is 123 cm³/mol. The van der Waals surface area contributed by atoms with E-state index in [4.69, 9.17) is 17.0 Å². The maximum Gasteiger partial charge on any atom is 0.338 e. The largest absolute Gasteiger partial charge is 0.462 e. The van der Waals surface area contributed by atoms with E-state index in [1.165, 1.54) is 22.2 Å². The molecule has 6 heteroatoms. The van der Waals surface area contributed by atoms with Gasteiger partial charge in [0.15, 0.2) is 4.32 Å². The highest BCUT2D eigenvalue weighted by molar-refractivity contribution is 8.27.